The third-order valence-corrected chi connectivity index (χ3v) is 6.11. The molecule has 1 N–H and O–H groups in total. The van der Waals surface area contributed by atoms with E-state index in [0.29, 0.717) is 17.7 Å². The fourth-order valence-corrected chi connectivity index (χ4v) is 4.52. The van der Waals surface area contributed by atoms with Crippen molar-refractivity contribution in [3.8, 4) is 0 Å². The van der Waals surface area contributed by atoms with Crippen molar-refractivity contribution in [2.24, 2.45) is 0 Å². The number of aryl methyl sites for hydroxylation is 1. The summed E-state index contributed by atoms with van der Waals surface area (Å²) in [5.41, 5.74) is 6.26. The van der Waals surface area contributed by atoms with Crippen LogP contribution in [0.25, 0.3) is 0 Å². The summed E-state index contributed by atoms with van der Waals surface area (Å²) in [6.07, 6.45) is 3.96. The van der Waals surface area contributed by atoms with Crippen LogP contribution in [0.5, 0.6) is 0 Å². The molecule has 24 heavy (non-hydrogen) atoms. The van der Waals surface area contributed by atoms with Gasteiger partial charge in [-0.3, -0.25) is 0 Å². The van der Waals surface area contributed by atoms with E-state index in [0.717, 1.165) is 29.0 Å². The molecule has 4 heteroatoms. The average molecular weight is 362 g/mol. The Labute approximate surface area is 152 Å². The van der Waals surface area contributed by atoms with E-state index < -0.39 is 11.2 Å². The number of halogens is 1. The van der Waals surface area contributed by atoms with Crippen LogP contribution in [0, 0.1) is 6.92 Å². The summed E-state index contributed by atoms with van der Waals surface area (Å²) >= 11 is 5.53. The molecule has 0 fully saturated rings. The van der Waals surface area contributed by atoms with Gasteiger partial charge in [0.25, 0.3) is 0 Å². The van der Waals surface area contributed by atoms with Crippen LogP contribution < -0.4 is 5.32 Å². The lowest BCUT2D eigenvalue weighted by Crippen LogP contribution is -2.24. The van der Waals surface area contributed by atoms with Crippen molar-refractivity contribution >= 4 is 22.8 Å². The molecule has 0 aromatic heterocycles. The van der Waals surface area contributed by atoms with Crippen LogP contribution in [-0.4, -0.2) is 17.9 Å². The molecule has 1 aliphatic carbocycles. The van der Waals surface area contributed by atoms with E-state index in [1.165, 1.54) is 16.7 Å². The van der Waals surface area contributed by atoms with Crippen molar-refractivity contribution in [1.29, 1.82) is 0 Å². The number of nitrogens with one attached hydrogen (secondary N) is 1. The van der Waals surface area contributed by atoms with Gasteiger partial charge in [-0.2, -0.15) is 0 Å². The quantitative estimate of drug-likeness (QED) is 0.800. The zero-order valence-corrected chi connectivity index (χ0v) is 16.0. The van der Waals surface area contributed by atoms with E-state index in [9.17, 15) is 4.55 Å². The maximum Gasteiger partial charge on any atom is 0.130 e. The lowest BCUT2D eigenvalue weighted by atomic mass is 9.76. The molecule has 1 aliphatic rings. The zero-order chi connectivity index (χ0) is 17.3. The van der Waals surface area contributed by atoms with Gasteiger partial charge >= 0.3 is 0 Å². The molecule has 1 unspecified atom stereocenters. The topological polar surface area (TPSA) is 35.1 Å². The molecule has 0 amide bonds. The fourth-order valence-electron chi connectivity index (χ4n) is 3.68. The minimum atomic E-state index is -0.819. The summed E-state index contributed by atoms with van der Waals surface area (Å²) in [4.78, 5) is 0. The molecular weight excluding hydrogens is 338 g/mol. The highest BCUT2D eigenvalue weighted by Crippen LogP contribution is 2.42. The van der Waals surface area contributed by atoms with Gasteiger partial charge in [0.1, 0.15) is 5.75 Å². The first-order valence-electron chi connectivity index (χ1n) is 8.35. The second-order valence-electron chi connectivity index (χ2n) is 6.66. The standard InChI is InChI=1S/C20H24ClNOS/c1-13-4-6-15(11-19(13)21)16-8-9-20(22-2)18-10-14(12-24(3)23)5-7-17(16)18/h4-7,10-11,16,20,22H,8-9,12H2,1-3H3/t16-,20-,24?/m0/s1. The van der Waals surface area contributed by atoms with Gasteiger partial charge in [0.2, 0.25) is 0 Å². The molecule has 0 spiro atoms. The molecule has 2 nitrogen and oxygen atoms in total. The zero-order valence-electron chi connectivity index (χ0n) is 14.4. The predicted octanol–water partition coefficient (Wildman–Crippen LogP) is 4.71. The SMILES string of the molecule is CN[C@H]1CC[C@@H](c2ccc(C)c(Cl)c2)c2ccc(C[S+](C)[O-])cc21. The van der Waals surface area contributed by atoms with Crippen LogP contribution in [0.15, 0.2) is 36.4 Å². The fraction of sp³-hybridized carbons (Fsp3) is 0.400. The summed E-state index contributed by atoms with van der Waals surface area (Å²) in [5, 5.41) is 4.27. The van der Waals surface area contributed by atoms with E-state index in [-0.39, 0.29) is 0 Å². The van der Waals surface area contributed by atoms with Gasteiger partial charge in [0.15, 0.2) is 0 Å². The van der Waals surface area contributed by atoms with Crippen LogP contribution in [0.4, 0.5) is 0 Å². The van der Waals surface area contributed by atoms with Crippen molar-refractivity contribution < 1.29 is 4.55 Å². The Hall–Kier alpha value is -1.00. The Morgan fingerprint density at radius 3 is 2.62 bits per heavy atom. The van der Waals surface area contributed by atoms with Gasteiger partial charge < -0.3 is 9.87 Å². The Morgan fingerprint density at radius 1 is 1.17 bits per heavy atom. The van der Waals surface area contributed by atoms with Crippen LogP contribution >= 0.6 is 11.6 Å². The van der Waals surface area contributed by atoms with Gasteiger partial charge in [-0.1, -0.05) is 47.0 Å². The van der Waals surface area contributed by atoms with Crippen LogP contribution in [-0.2, 0) is 16.9 Å². The van der Waals surface area contributed by atoms with Gasteiger partial charge in [-0.05, 0) is 61.2 Å². The highest BCUT2D eigenvalue weighted by atomic mass is 35.5. The molecule has 2 aromatic carbocycles. The molecule has 0 bridgehead atoms. The van der Waals surface area contributed by atoms with Crippen molar-refractivity contribution in [2.45, 2.75) is 37.5 Å². The van der Waals surface area contributed by atoms with Gasteiger partial charge in [-0.25, -0.2) is 0 Å². The lowest BCUT2D eigenvalue weighted by molar-refractivity contribution is 0.470. The number of hydrogen-bond acceptors (Lipinski definition) is 2. The molecular formula is C20H24ClNOS. The molecule has 128 valence electrons. The molecule has 3 atom stereocenters. The third kappa shape index (κ3) is 3.65. The second kappa shape index (κ2) is 7.49. The van der Waals surface area contributed by atoms with Crippen molar-refractivity contribution in [3.63, 3.8) is 0 Å². The molecule has 0 heterocycles. The van der Waals surface area contributed by atoms with E-state index in [1.54, 1.807) is 6.26 Å². The Balaban J connectivity index is 2.02. The largest absolute Gasteiger partial charge is 0.616 e. The number of rotatable bonds is 4. The molecule has 3 rings (SSSR count). The Bertz CT molecular complexity index is 732. The van der Waals surface area contributed by atoms with Crippen LogP contribution in [0.1, 0.15) is 52.6 Å². The molecule has 0 saturated carbocycles. The first-order valence-corrected chi connectivity index (χ1v) is 10.5. The van der Waals surface area contributed by atoms with E-state index in [4.69, 9.17) is 11.6 Å². The molecule has 0 saturated heterocycles. The van der Waals surface area contributed by atoms with Crippen LogP contribution in [0.2, 0.25) is 5.02 Å². The summed E-state index contributed by atoms with van der Waals surface area (Å²) in [7, 11) is 2.02. The summed E-state index contributed by atoms with van der Waals surface area (Å²) in [5.74, 6) is 0.994. The van der Waals surface area contributed by atoms with Gasteiger partial charge in [0.05, 0.1) is 6.26 Å². The first kappa shape index (κ1) is 17.8. The minimum absolute atomic E-state index is 0.363. The monoisotopic (exact) mass is 361 g/mol. The van der Waals surface area contributed by atoms with Crippen LogP contribution in [0.3, 0.4) is 0 Å². The van der Waals surface area contributed by atoms with Crippen molar-refractivity contribution in [3.05, 3.63) is 69.2 Å². The summed E-state index contributed by atoms with van der Waals surface area (Å²) in [6, 6.07) is 13.4. The molecule has 0 aliphatic heterocycles. The second-order valence-corrected chi connectivity index (χ2v) is 8.50. The molecule has 0 radical (unpaired) electrons. The maximum absolute atomic E-state index is 11.6. The smallest absolute Gasteiger partial charge is 0.130 e. The summed E-state index contributed by atoms with van der Waals surface area (Å²) in [6.45, 7) is 2.04. The Kier molecular flexibility index (Phi) is 5.56. The molecule has 2 aromatic rings. The van der Waals surface area contributed by atoms with Crippen molar-refractivity contribution in [1.82, 2.24) is 5.32 Å². The first-order chi connectivity index (χ1) is 11.5. The maximum atomic E-state index is 11.6. The highest BCUT2D eigenvalue weighted by molar-refractivity contribution is 7.89. The number of fused-ring (bicyclic) bond motifs is 1. The average Bonchev–Trinajstić information content (AvgIpc) is 2.55. The van der Waals surface area contributed by atoms with Crippen molar-refractivity contribution in [2.75, 3.05) is 13.3 Å². The summed E-state index contributed by atoms with van der Waals surface area (Å²) < 4.78 is 11.6. The number of hydrogen-bond donors (Lipinski definition) is 1. The number of benzene rings is 2. The van der Waals surface area contributed by atoms with Gasteiger partial charge in [0, 0.05) is 22.5 Å². The normalized spacial score (nSPS) is 21.4. The van der Waals surface area contributed by atoms with E-state index in [1.807, 2.05) is 14.0 Å². The Morgan fingerprint density at radius 2 is 1.96 bits per heavy atom. The van der Waals surface area contributed by atoms with Gasteiger partial charge in [-0.15, -0.1) is 0 Å². The predicted molar refractivity (Wildman–Crippen MR) is 103 cm³/mol. The van der Waals surface area contributed by atoms with E-state index in [2.05, 4.69) is 41.7 Å². The third-order valence-electron chi connectivity index (χ3n) is 4.96. The van der Waals surface area contributed by atoms with E-state index >= 15 is 0 Å². The lowest BCUT2D eigenvalue weighted by Gasteiger charge is -2.32. The minimum Gasteiger partial charge on any atom is -0.616 e. The highest BCUT2D eigenvalue weighted by Gasteiger charge is 2.28.